The van der Waals surface area contributed by atoms with E-state index in [9.17, 15) is 9.90 Å². The molecule has 4 aromatic rings. The zero-order valence-corrected chi connectivity index (χ0v) is 19.0. The molecule has 1 aliphatic rings. The molecule has 0 radical (unpaired) electrons. The highest BCUT2D eigenvalue weighted by Gasteiger charge is 2.36. The van der Waals surface area contributed by atoms with E-state index in [1.165, 1.54) is 11.8 Å². The minimum atomic E-state index is -0.585. The highest BCUT2D eigenvalue weighted by atomic mass is 16.3. The molecule has 2 N–H and O–H groups in total. The first kappa shape index (κ1) is 21.8. The Morgan fingerprint density at radius 1 is 1.18 bits per heavy atom. The molecule has 1 saturated heterocycles. The Morgan fingerprint density at radius 2 is 2.03 bits per heavy atom. The summed E-state index contributed by atoms with van der Waals surface area (Å²) < 4.78 is 1.66. The Labute approximate surface area is 197 Å². The summed E-state index contributed by atoms with van der Waals surface area (Å²) in [6.45, 7) is 6.00. The van der Waals surface area contributed by atoms with E-state index >= 15 is 0 Å². The molecule has 0 unspecified atom stereocenters. The number of nitrogens with one attached hydrogen (secondary N) is 1. The third kappa shape index (κ3) is 4.66. The van der Waals surface area contributed by atoms with Crippen molar-refractivity contribution in [2.45, 2.75) is 26.0 Å². The Kier molecular flexibility index (Phi) is 5.57. The maximum absolute atomic E-state index is 12.8. The Bertz CT molecular complexity index is 1440. The fraction of sp³-hybridized carbons (Fsp3) is 0.231. The van der Waals surface area contributed by atoms with Crippen molar-refractivity contribution in [1.82, 2.24) is 24.5 Å². The monoisotopic (exact) mass is 452 g/mol. The van der Waals surface area contributed by atoms with Crippen molar-refractivity contribution < 1.29 is 9.90 Å². The van der Waals surface area contributed by atoms with Gasteiger partial charge in [-0.15, -0.1) is 0 Å². The lowest BCUT2D eigenvalue weighted by Crippen LogP contribution is -2.59. The lowest BCUT2D eigenvalue weighted by atomic mass is 9.95. The number of carbonyl (C=O) groups excluding carboxylic acids is 1. The van der Waals surface area contributed by atoms with Crippen molar-refractivity contribution in [2.24, 2.45) is 0 Å². The lowest BCUT2D eigenvalue weighted by Gasteiger charge is -2.44. The number of anilines is 1. The summed E-state index contributed by atoms with van der Waals surface area (Å²) in [5.74, 6) is 5.82. The van der Waals surface area contributed by atoms with E-state index < -0.39 is 5.60 Å². The number of aliphatic hydroxyl groups is 1. The molecule has 8 nitrogen and oxygen atoms in total. The summed E-state index contributed by atoms with van der Waals surface area (Å²) in [5.41, 5.74) is 4.81. The Hall–Kier alpha value is -4.06. The topological polar surface area (TPSA) is 95.7 Å². The van der Waals surface area contributed by atoms with E-state index in [1.807, 2.05) is 44.2 Å². The Balaban J connectivity index is 1.27. The van der Waals surface area contributed by atoms with E-state index in [2.05, 4.69) is 37.1 Å². The molecular formula is C26H24N6O2. The van der Waals surface area contributed by atoms with Crippen LogP contribution in [0.15, 0.2) is 61.2 Å². The molecule has 0 atom stereocenters. The molecule has 1 aromatic carbocycles. The molecule has 4 heterocycles. The number of nitrogens with zero attached hydrogens (tertiary/aromatic N) is 5. The molecule has 5 rings (SSSR count). The van der Waals surface area contributed by atoms with Crippen LogP contribution in [0.5, 0.6) is 0 Å². The predicted molar refractivity (Wildman–Crippen MR) is 128 cm³/mol. The SMILES string of the molecule is Cc1cc(NC(=O)c2cncc(C#Cc3cnc4cccnn34)c2)ccc1CN1CC(C)(O)C1. The fourth-order valence-electron chi connectivity index (χ4n) is 4.11. The number of imidazole rings is 1. The van der Waals surface area contributed by atoms with Gasteiger partial charge >= 0.3 is 0 Å². The molecule has 1 amide bonds. The maximum atomic E-state index is 12.8. The number of benzene rings is 1. The summed E-state index contributed by atoms with van der Waals surface area (Å²) in [4.78, 5) is 23.5. The van der Waals surface area contributed by atoms with Gasteiger partial charge in [0.2, 0.25) is 0 Å². The van der Waals surface area contributed by atoms with Crippen LogP contribution in [-0.2, 0) is 6.54 Å². The van der Waals surface area contributed by atoms with Crippen LogP contribution >= 0.6 is 0 Å². The third-order valence-corrected chi connectivity index (χ3v) is 5.74. The van der Waals surface area contributed by atoms with Gasteiger partial charge < -0.3 is 10.4 Å². The molecule has 170 valence electrons. The van der Waals surface area contributed by atoms with Gasteiger partial charge in [-0.25, -0.2) is 9.50 Å². The standard InChI is InChI=1S/C26H24N6O2/c1-18-10-22(7-6-20(18)15-31-16-26(2,34)17-31)30-25(33)21-11-19(12-27-13-21)5-8-23-14-28-24-4-3-9-29-32(23)24/h3-4,6-7,9-14,34H,15-17H2,1-2H3,(H,30,33). The number of rotatable bonds is 4. The van der Waals surface area contributed by atoms with E-state index in [0.717, 1.165) is 23.4 Å². The minimum Gasteiger partial charge on any atom is -0.388 e. The van der Waals surface area contributed by atoms with Crippen LogP contribution < -0.4 is 5.32 Å². The average Bonchev–Trinajstić information content (AvgIpc) is 3.21. The second-order valence-electron chi connectivity index (χ2n) is 8.89. The molecule has 0 aliphatic carbocycles. The highest BCUT2D eigenvalue weighted by Crippen LogP contribution is 2.24. The van der Waals surface area contributed by atoms with E-state index in [0.29, 0.717) is 29.9 Å². The van der Waals surface area contributed by atoms with Crippen molar-refractivity contribution in [2.75, 3.05) is 18.4 Å². The summed E-state index contributed by atoms with van der Waals surface area (Å²) in [6.07, 6.45) is 6.48. The molecule has 1 aliphatic heterocycles. The number of carbonyl (C=O) groups is 1. The van der Waals surface area contributed by atoms with Gasteiger partial charge in [-0.05, 0) is 61.2 Å². The number of aryl methyl sites for hydroxylation is 1. The van der Waals surface area contributed by atoms with Crippen LogP contribution in [-0.4, -0.2) is 54.2 Å². The van der Waals surface area contributed by atoms with Gasteiger partial charge in [-0.1, -0.05) is 12.0 Å². The maximum Gasteiger partial charge on any atom is 0.257 e. The lowest BCUT2D eigenvalue weighted by molar-refractivity contribution is -0.0871. The minimum absolute atomic E-state index is 0.251. The van der Waals surface area contributed by atoms with Crippen LogP contribution in [0.3, 0.4) is 0 Å². The number of hydrogen-bond donors (Lipinski definition) is 2. The van der Waals surface area contributed by atoms with E-state index in [4.69, 9.17) is 0 Å². The molecule has 3 aromatic heterocycles. The van der Waals surface area contributed by atoms with Crippen LogP contribution in [0.1, 0.15) is 39.7 Å². The quantitative estimate of drug-likeness (QED) is 0.462. The Morgan fingerprint density at radius 3 is 2.82 bits per heavy atom. The average molecular weight is 453 g/mol. The van der Waals surface area contributed by atoms with E-state index in [1.54, 1.807) is 29.2 Å². The van der Waals surface area contributed by atoms with Crippen molar-refractivity contribution in [3.63, 3.8) is 0 Å². The van der Waals surface area contributed by atoms with E-state index in [-0.39, 0.29) is 5.91 Å². The first-order valence-electron chi connectivity index (χ1n) is 11.0. The normalized spacial score (nSPS) is 14.8. The molecule has 0 spiro atoms. The summed E-state index contributed by atoms with van der Waals surface area (Å²) in [5, 5.41) is 17.1. The smallest absolute Gasteiger partial charge is 0.257 e. The number of pyridine rings is 1. The van der Waals surface area contributed by atoms with Crippen LogP contribution in [0.25, 0.3) is 5.65 Å². The molecule has 1 fully saturated rings. The molecule has 0 bridgehead atoms. The zero-order chi connectivity index (χ0) is 23.7. The number of likely N-dealkylation sites (tertiary alicyclic amines) is 1. The fourth-order valence-corrected chi connectivity index (χ4v) is 4.11. The van der Waals surface area contributed by atoms with Gasteiger partial charge in [0, 0.05) is 49.5 Å². The van der Waals surface area contributed by atoms with Crippen LogP contribution in [0, 0.1) is 18.8 Å². The van der Waals surface area contributed by atoms with Crippen molar-refractivity contribution >= 4 is 17.2 Å². The molecule has 8 heteroatoms. The van der Waals surface area contributed by atoms with Crippen molar-refractivity contribution in [3.05, 3.63) is 89.1 Å². The second kappa shape index (κ2) is 8.71. The molecular weight excluding hydrogens is 428 g/mol. The summed E-state index contributed by atoms with van der Waals surface area (Å²) in [6, 6.07) is 11.3. The number of aromatic nitrogens is 4. The third-order valence-electron chi connectivity index (χ3n) is 5.74. The van der Waals surface area contributed by atoms with Gasteiger partial charge in [0.25, 0.3) is 5.91 Å². The van der Waals surface area contributed by atoms with Gasteiger partial charge in [-0.3, -0.25) is 14.7 Å². The summed E-state index contributed by atoms with van der Waals surface area (Å²) in [7, 11) is 0. The number of fused-ring (bicyclic) bond motifs is 1. The number of hydrogen-bond acceptors (Lipinski definition) is 6. The number of amides is 1. The predicted octanol–water partition coefficient (Wildman–Crippen LogP) is 2.65. The highest BCUT2D eigenvalue weighted by molar-refractivity contribution is 6.04. The van der Waals surface area contributed by atoms with Gasteiger partial charge in [0.1, 0.15) is 5.69 Å². The first-order chi connectivity index (χ1) is 16.4. The van der Waals surface area contributed by atoms with Gasteiger partial charge in [-0.2, -0.15) is 5.10 Å². The van der Waals surface area contributed by atoms with Crippen molar-refractivity contribution in [3.8, 4) is 11.8 Å². The first-order valence-corrected chi connectivity index (χ1v) is 11.0. The second-order valence-corrected chi connectivity index (χ2v) is 8.89. The summed E-state index contributed by atoms with van der Waals surface area (Å²) >= 11 is 0. The number of β-amino-alcohol motifs (C(OH)–C–C–N with tert-alkyl or cyclic N) is 1. The van der Waals surface area contributed by atoms with Gasteiger partial charge in [0.05, 0.1) is 17.4 Å². The van der Waals surface area contributed by atoms with Crippen LogP contribution in [0.4, 0.5) is 5.69 Å². The molecule has 0 saturated carbocycles. The van der Waals surface area contributed by atoms with Crippen molar-refractivity contribution in [1.29, 1.82) is 0 Å². The largest absolute Gasteiger partial charge is 0.388 e. The van der Waals surface area contributed by atoms with Crippen LogP contribution in [0.2, 0.25) is 0 Å². The van der Waals surface area contributed by atoms with Gasteiger partial charge in [0.15, 0.2) is 5.65 Å². The molecule has 34 heavy (non-hydrogen) atoms. The zero-order valence-electron chi connectivity index (χ0n) is 19.0.